The van der Waals surface area contributed by atoms with E-state index in [4.69, 9.17) is 0 Å². The summed E-state index contributed by atoms with van der Waals surface area (Å²) in [7, 11) is 0. The molecule has 0 aliphatic heterocycles. The van der Waals surface area contributed by atoms with Crippen molar-refractivity contribution in [1.29, 1.82) is 0 Å². The number of hydrogen-bond acceptors (Lipinski definition) is 4. The Hall–Kier alpha value is -3.02. The van der Waals surface area contributed by atoms with Gasteiger partial charge in [0.15, 0.2) is 0 Å². The molecule has 0 fully saturated rings. The van der Waals surface area contributed by atoms with E-state index < -0.39 is 4.92 Å². The Morgan fingerprint density at radius 1 is 1.10 bits per heavy atom. The summed E-state index contributed by atoms with van der Waals surface area (Å²) >= 11 is 0. The number of non-ortho nitro benzene ring substituents is 1. The summed E-state index contributed by atoms with van der Waals surface area (Å²) in [6.45, 7) is 0. The Morgan fingerprint density at radius 2 is 1.90 bits per heavy atom. The molecule has 3 aromatic rings. The van der Waals surface area contributed by atoms with Crippen LogP contribution in [0.4, 0.5) is 5.69 Å². The van der Waals surface area contributed by atoms with E-state index >= 15 is 0 Å². The quantitative estimate of drug-likeness (QED) is 0.527. The molecule has 0 spiro atoms. The minimum Gasteiger partial charge on any atom is -0.267 e. The molecule has 0 aliphatic carbocycles. The molecule has 0 saturated carbocycles. The van der Waals surface area contributed by atoms with Crippen LogP contribution in [0.15, 0.2) is 59.5 Å². The van der Waals surface area contributed by atoms with E-state index in [0.717, 1.165) is 10.1 Å². The maximum absolute atomic E-state index is 12.3. The summed E-state index contributed by atoms with van der Waals surface area (Å²) in [4.78, 5) is 22.6. The van der Waals surface area contributed by atoms with E-state index in [2.05, 4.69) is 5.10 Å². The fourth-order valence-electron chi connectivity index (χ4n) is 2.01. The maximum atomic E-state index is 12.3. The number of nitro benzene ring substituents is 1. The summed E-state index contributed by atoms with van der Waals surface area (Å²) in [6.07, 6.45) is 1.57. The van der Waals surface area contributed by atoms with Crippen LogP contribution in [0.2, 0.25) is 0 Å². The molecule has 20 heavy (non-hydrogen) atoms. The minimum absolute atomic E-state index is 0.0793. The first-order valence-corrected chi connectivity index (χ1v) is 5.89. The van der Waals surface area contributed by atoms with Crippen LogP contribution in [0.1, 0.15) is 0 Å². The van der Waals surface area contributed by atoms with Gasteiger partial charge in [-0.3, -0.25) is 14.9 Å². The molecule has 6 nitrogen and oxygen atoms in total. The zero-order chi connectivity index (χ0) is 14.1. The standard InChI is InChI=1S/C14H9N3O3/c18-14-13-7-2-1-4-10(13)9-15-16(14)11-5-3-6-12(8-11)17(19)20/h1-9H. The van der Waals surface area contributed by atoms with Gasteiger partial charge in [0.1, 0.15) is 0 Å². The van der Waals surface area contributed by atoms with Gasteiger partial charge in [-0.25, -0.2) is 0 Å². The molecule has 0 atom stereocenters. The molecule has 6 heteroatoms. The normalized spacial score (nSPS) is 10.6. The van der Waals surface area contributed by atoms with Gasteiger partial charge in [0.05, 0.1) is 22.2 Å². The van der Waals surface area contributed by atoms with Crippen molar-refractivity contribution >= 4 is 16.5 Å². The van der Waals surface area contributed by atoms with Crippen molar-refractivity contribution in [1.82, 2.24) is 9.78 Å². The highest BCUT2D eigenvalue weighted by atomic mass is 16.6. The van der Waals surface area contributed by atoms with E-state index in [0.29, 0.717) is 11.1 Å². The molecule has 0 bridgehead atoms. The van der Waals surface area contributed by atoms with Crippen molar-refractivity contribution in [3.63, 3.8) is 0 Å². The van der Waals surface area contributed by atoms with E-state index in [1.807, 2.05) is 6.07 Å². The Bertz CT molecular complexity index is 871. The average Bonchev–Trinajstić information content (AvgIpc) is 2.48. The third-order valence-corrected chi connectivity index (χ3v) is 2.98. The van der Waals surface area contributed by atoms with Crippen LogP contribution < -0.4 is 5.56 Å². The van der Waals surface area contributed by atoms with E-state index in [1.54, 1.807) is 30.5 Å². The van der Waals surface area contributed by atoms with Crippen molar-refractivity contribution in [3.05, 3.63) is 75.2 Å². The molecule has 98 valence electrons. The van der Waals surface area contributed by atoms with Gasteiger partial charge in [0.25, 0.3) is 11.2 Å². The van der Waals surface area contributed by atoms with Crippen molar-refractivity contribution in [2.75, 3.05) is 0 Å². The Morgan fingerprint density at radius 3 is 2.70 bits per heavy atom. The predicted octanol–water partition coefficient (Wildman–Crippen LogP) is 2.29. The average molecular weight is 267 g/mol. The molecule has 0 radical (unpaired) electrons. The highest BCUT2D eigenvalue weighted by Gasteiger charge is 2.10. The fourth-order valence-corrected chi connectivity index (χ4v) is 2.01. The van der Waals surface area contributed by atoms with Gasteiger partial charge in [-0.05, 0) is 12.1 Å². The van der Waals surface area contributed by atoms with Crippen molar-refractivity contribution in [2.24, 2.45) is 0 Å². The number of rotatable bonds is 2. The number of hydrogen-bond donors (Lipinski definition) is 0. The Labute approximate surface area is 113 Å². The summed E-state index contributed by atoms with van der Waals surface area (Å²) in [6, 6.07) is 12.9. The third-order valence-electron chi connectivity index (χ3n) is 2.98. The van der Waals surface area contributed by atoms with Gasteiger partial charge in [-0.15, -0.1) is 0 Å². The second kappa shape index (κ2) is 4.58. The number of nitrogens with zero attached hydrogens (tertiary/aromatic N) is 3. The molecule has 0 amide bonds. The van der Waals surface area contributed by atoms with Crippen molar-refractivity contribution < 1.29 is 4.92 Å². The second-order valence-corrected chi connectivity index (χ2v) is 4.23. The SMILES string of the molecule is O=c1c2ccccc2cnn1-c1cccc([N+](=O)[O-])c1. The zero-order valence-corrected chi connectivity index (χ0v) is 10.3. The first-order valence-electron chi connectivity index (χ1n) is 5.89. The molecule has 0 aliphatic rings. The molecule has 0 saturated heterocycles. The van der Waals surface area contributed by atoms with Crippen LogP contribution in [0.25, 0.3) is 16.5 Å². The lowest BCUT2D eigenvalue weighted by molar-refractivity contribution is -0.384. The maximum Gasteiger partial charge on any atom is 0.279 e. The first-order chi connectivity index (χ1) is 9.66. The van der Waals surface area contributed by atoms with Crippen molar-refractivity contribution in [3.8, 4) is 5.69 Å². The molecule has 3 rings (SSSR count). The molecule has 0 unspecified atom stereocenters. The largest absolute Gasteiger partial charge is 0.279 e. The molecule has 1 aromatic heterocycles. The molecule has 1 heterocycles. The fraction of sp³-hybridized carbons (Fsp3) is 0. The van der Waals surface area contributed by atoms with Crippen LogP contribution in [-0.2, 0) is 0 Å². The zero-order valence-electron chi connectivity index (χ0n) is 10.3. The van der Waals surface area contributed by atoms with Crippen LogP contribution in [0.5, 0.6) is 0 Å². The third kappa shape index (κ3) is 1.93. The van der Waals surface area contributed by atoms with Crippen LogP contribution in [0, 0.1) is 10.1 Å². The highest BCUT2D eigenvalue weighted by Crippen LogP contribution is 2.15. The van der Waals surface area contributed by atoms with Gasteiger partial charge in [0, 0.05) is 17.5 Å². The van der Waals surface area contributed by atoms with Crippen LogP contribution in [0.3, 0.4) is 0 Å². The molecule has 2 aromatic carbocycles. The van der Waals surface area contributed by atoms with Gasteiger partial charge in [0.2, 0.25) is 0 Å². The highest BCUT2D eigenvalue weighted by molar-refractivity contribution is 5.80. The van der Waals surface area contributed by atoms with Gasteiger partial charge >= 0.3 is 0 Å². The number of aromatic nitrogens is 2. The van der Waals surface area contributed by atoms with Crippen LogP contribution >= 0.6 is 0 Å². The van der Waals surface area contributed by atoms with Crippen molar-refractivity contribution in [2.45, 2.75) is 0 Å². The second-order valence-electron chi connectivity index (χ2n) is 4.23. The predicted molar refractivity (Wildman–Crippen MR) is 74.0 cm³/mol. The summed E-state index contributed by atoms with van der Waals surface area (Å²) in [5.74, 6) is 0. The smallest absolute Gasteiger partial charge is 0.267 e. The van der Waals surface area contributed by atoms with E-state index in [-0.39, 0.29) is 11.2 Å². The Kier molecular flexibility index (Phi) is 2.76. The topological polar surface area (TPSA) is 78.0 Å². The molecule has 0 N–H and O–H groups in total. The molecular weight excluding hydrogens is 258 g/mol. The van der Waals surface area contributed by atoms with Gasteiger partial charge < -0.3 is 0 Å². The monoisotopic (exact) mass is 267 g/mol. The first kappa shape index (κ1) is 12.0. The number of fused-ring (bicyclic) bond motifs is 1. The summed E-state index contributed by atoms with van der Waals surface area (Å²) in [5, 5.41) is 16.1. The lowest BCUT2D eigenvalue weighted by Crippen LogP contribution is -2.20. The number of benzene rings is 2. The lowest BCUT2D eigenvalue weighted by atomic mass is 10.2. The Balaban J connectivity index is 2.25. The van der Waals surface area contributed by atoms with E-state index in [1.165, 1.54) is 18.2 Å². The minimum atomic E-state index is -0.504. The summed E-state index contributed by atoms with van der Waals surface area (Å²) in [5.41, 5.74) is -0.0112. The lowest BCUT2D eigenvalue weighted by Gasteiger charge is -2.05. The van der Waals surface area contributed by atoms with E-state index in [9.17, 15) is 14.9 Å². The van der Waals surface area contributed by atoms with Gasteiger partial charge in [-0.1, -0.05) is 24.3 Å². The number of nitro groups is 1. The van der Waals surface area contributed by atoms with Gasteiger partial charge in [-0.2, -0.15) is 9.78 Å². The summed E-state index contributed by atoms with van der Waals surface area (Å²) < 4.78 is 1.16. The molecular formula is C14H9N3O3. The van der Waals surface area contributed by atoms with Crippen LogP contribution in [-0.4, -0.2) is 14.7 Å².